The van der Waals surface area contributed by atoms with E-state index in [4.69, 9.17) is 1.37 Å². The maximum absolute atomic E-state index is 8.14. The molecule has 0 saturated carbocycles. The lowest BCUT2D eigenvalue weighted by Crippen LogP contribution is -2.36. The van der Waals surface area contributed by atoms with E-state index in [2.05, 4.69) is 34.6 Å². The Kier molecular flexibility index (Phi) is 2.61. The van der Waals surface area contributed by atoms with E-state index in [0.29, 0.717) is 0 Å². The molecular weight excluding hydrogens is 132 g/mol. The van der Waals surface area contributed by atoms with Gasteiger partial charge >= 0.3 is 0 Å². The van der Waals surface area contributed by atoms with Gasteiger partial charge in [-0.1, -0.05) is 48.5 Å². The van der Waals surface area contributed by atoms with Crippen molar-refractivity contribution in [3.8, 4) is 0 Å². The Morgan fingerprint density at radius 2 is 1.55 bits per heavy atom. The average molecular weight is 157 g/mol. The lowest BCUT2D eigenvalue weighted by molar-refractivity contribution is 0.0471. The van der Waals surface area contributed by atoms with Gasteiger partial charge in [-0.3, -0.25) is 0 Å². The van der Waals surface area contributed by atoms with Crippen molar-refractivity contribution in [1.82, 2.24) is 0 Å². The van der Waals surface area contributed by atoms with Crippen LogP contribution in [0.4, 0.5) is 0 Å². The maximum atomic E-state index is 8.14. The van der Waals surface area contributed by atoms with Crippen molar-refractivity contribution >= 4 is 0 Å². The van der Waals surface area contributed by atoms with Gasteiger partial charge in [0.25, 0.3) is 0 Å². The van der Waals surface area contributed by atoms with Crippen LogP contribution in [0.2, 0.25) is 0 Å². The van der Waals surface area contributed by atoms with Crippen LogP contribution in [0, 0.1) is 16.7 Å². The Balaban J connectivity index is 4.95. The van der Waals surface area contributed by atoms with Crippen LogP contribution in [0.1, 0.15) is 56.3 Å². The first-order chi connectivity index (χ1) is 5.06. The Morgan fingerprint density at radius 1 is 1.18 bits per heavy atom. The second-order valence-corrected chi connectivity index (χ2v) is 4.94. The molecule has 0 bridgehead atoms. The average Bonchev–Trinajstić information content (AvgIpc) is 1.81. The van der Waals surface area contributed by atoms with Gasteiger partial charge < -0.3 is 0 Å². The van der Waals surface area contributed by atoms with Gasteiger partial charge in [-0.15, -0.1) is 0 Å². The van der Waals surface area contributed by atoms with Gasteiger partial charge in [0.2, 0.25) is 0 Å². The van der Waals surface area contributed by atoms with E-state index in [1.54, 1.807) is 0 Å². The van der Waals surface area contributed by atoms with Gasteiger partial charge in [-0.2, -0.15) is 0 Å². The lowest BCUT2D eigenvalue weighted by atomic mass is 9.60. The van der Waals surface area contributed by atoms with Crippen LogP contribution >= 0.6 is 0 Å². The summed E-state index contributed by atoms with van der Waals surface area (Å²) in [7, 11) is 0. The summed E-state index contributed by atoms with van der Waals surface area (Å²) >= 11 is 0. The third-order valence-corrected chi connectivity index (χ3v) is 3.47. The van der Waals surface area contributed by atoms with Crippen molar-refractivity contribution in [1.29, 1.82) is 0 Å². The predicted octanol–water partition coefficient (Wildman–Crippen LogP) is 4.10. The fourth-order valence-electron chi connectivity index (χ4n) is 1.63. The third-order valence-electron chi connectivity index (χ3n) is 3.47. The quantitative estimate of drug-likeness (QED) is 0.566. The molecule has 0 aliphatic carbocycles. The predicted molar refractivity (Wildman–Crippen MR) is 52.7 cm³/mol. The molecule has 0 heterocycles. The Morgan fingerprint density at radius 3 is 1.55 bits per heavy atom. The van der Waals surface area contributed by atoms with Crippen molar-refractivity contribution in [2.24, 2.45) is 16.7 Å². The van der Waals surface area contributed by atoms with Crippen LogP contribution in [0.15, 0.2) is 0 Å². The molecule has 0 amide bonds. The molecule has 0 aliphatic heterocycles. The summed E-state index contributed by atoms with van der Waals surface area (Å²) in [4.78, 5) is 0. The summed E-state index contributed by atoms with van der Waals surface area (Å²) in [5.74, 6) is -0.361. The summed E-state index contributed by atoms with van der Waals surface area (Å²) < 4.78 is 8.14. The SMILES string of the molecule is [2H]C(C)(C)C(C)(CC)C(C)(C)C. The molecule has 0 aliphatic rings. The smallest absolute Gasteiger partial charge is 0.0303 e. The minimum Gasteiger partial charge on any atom is -0.0648 e. The minimum absolute atomic E-state index is 0.0833. The van der Waals surface area contributed by atoms with Gasteiger partial charge in [0, 0.05) is 1.37 Å². The Labute approximate surface area is 73.8 Å². The van der Waals surface area contributed by atoms with Crippen LogP contribution in [0.3, 0.4) is 0 Å². The van der Waals surface area contributed by atoms with Crippen molar-refractivity contribution in [2.45, 2.75) is 54.9 Å². The molecule has 0 N–H and O–H groups in total. The molecule has 1 atom stereocenters. The van der Waals surface area contributed by atoms with E-state index in [1.165, 1.54) is 0 Å². The highest BCUT2D eigenvalue weighted by Gasteiger charge is 2.38. The molecule has 0 nitrogen and oxygen atoms in total. The van der Waals surface area contributed by atoms with E-state index >= 15 is 0 Å². The summed E-state index contributed by atoms with van der Waals surface area (Å²) in [5, 5.41) is 0. The lowest BCUT2D eigenvalue weighted by Gasteiger charge is -2.45. The number of hydrogen-bond donors (Lipinski definition) is 0. The van der Waals surface area contributed by atoms with Gasteiger partial charge in [-0.25, -0.2) is 0 Å². The molecule has 0 aromatic heterocycles. The third kappa shape index (κ3) is 1.98. The van der Waals surface area contributed by atoms with Gasteiger partial charge in [0.15, 0.2) is 0 Å². The Hall–Kier alpha value is 0. The highest BCUT2D eigenvalue weighted by atomic mass is 14.4. The second-order valence-electron chi connectivity index (χ2n) is 4.94. The number of rotatable bonds is 2. The highest BCUT2D eigenvalue weighted by molar-refractivity contribution is 4.87. The standard InChI is InChI=1S/C11H24/c1-8-11(7,9(2)3)10(4,5)6/h9H,8H2,1-7H3/i9D. The summed E-state index contributed by atoms with van der Waals surface area (Å²) in [6.07, 6.45) is 1.06. The topological polar surface area (TPSA) is 0 Å². The van der Waals surface area contributed by atoms with Crippen molar-refractivity contribution in [2.75, 3.05) is 0 Å². The molecule has 1 unspecified atom stereocenters. The number of hydrogen-bond acceptors (Lipinski definition) is 0. The zero-order valence-electron chi connectivity index (χ0n) is 10.2. The summed E-state index contributed by atoms with van der Waals surface area (Å²) in [6.45, 7) is 15.1. The molecular formula is C11H24. The highest BCUT2D eigenvalue weighted by Crippen LogP contribution is 2.46. The maximum Gasteiger partial charge on any atom is 0.0303 e. The van der Waals surface area contributed by atoms with Crippen LogP contribution < -0.4 is 0 Å². The van der Waals surface area contributed by atoms with Crippen molar-refractivity contribution in [3.05, 3.63) is 0 Å². The van der Waals surface area contributed by atoms with E-state index < -0.39 is 0 Å². The normalized spacial score (nSPS) is 20.8. The first-order valence-corrected chi connectivity index (χ1v) is 4.56. The zero-order valence-corrected chi connectivity index (χ0v) is 9.21. The van der Waals surface area contributed by atoms with Gasteiger partial charge in [0.1, 0.15) is 0 Å². The largest absolute Gasteiger partial charge is 0.0648 e. The van der Waals surface area contributed by atoms with Crippen LogP contribution in [-0.4, -0.2) is 0 Å². The summed E-state index contributed by atoms with van der Waals surface area (Å²) in [6, 6.07) is 0. The van der Waals surface area contributed by atoms with Crippen molar-refractivity contribution < 1.29 is 1.37 Å². The van der Waals surface area contributed by atoms with Crippen LogP contribution in [0.5, 0.6) is 0 Å². The van der Waals surface area contributed by atoms with E-state index in [9.17, 15) is 0 Å². The van der Waals surface area contributed by atoms with E-state index in [-0.39, 0.29) is 16.7 Å². The molecule has 68 valence electrons. The molecule has 0 saturated heterocycles. The first kappa shape index (κ1) is 9.09. The zero-order chi connectivity index (χ0) is 10.2. The van der Waals surface area contributed by atoms with Crippen LogP contribution in [0.25, 0.3) is 0 Å². The molecule has 0 heteroatoms. The van der Waals surface area contributed by atoms with E-state index in [1.807, 2.05) is 13.8 Å². The first-order valence-electron chi connectivity index (χ1n) is 5.06. The molecule has 11 heavy (non-hydrogen) atoms. The molecule has 0 rings (SSSR count). The fraction of sp³-hybridized carbons (Fsp3) is 1.00. The molecule has 0 fully saturated rings. The molecule has 0 aromatic rings. The monoisotopic (exact) mass is 157 g/mol. The van der Waals surface area contributed by atoms with Crippen LogP contribution in [-0.2, 0) is 0 Å². The molecule has 0 aromatic carbocycles. The van der Waals surface area contributed by atoms with E-state index in [0.717, 1.165) is 6.42 Å². The van der Waals surface area contributed by atoms with Gasteiger partial charge in [-0.05, 0) is 23.1 Å². The minimum atomic E-state index is -0.361. The Bertz CT molecular complexity index is 131. The van der Waals surface area contributed by atoms with Crippen molar-refractivity contribution in [3.63, 3.8) is 0 Å². The van der Waals surface area contributed by atoms with Gasteiger partial charge in [0.05, 0.1) is 0 Å². The molecule has 0 radical (unpaired) electrons. The molecule has 0 spiro atoms. The fourth-order valence-corrected chi connectivity index (χ4v) is 1.63. The second kappa shape index (κ2) is 3.16. The summed E-state index contributed by atoms with van der Waals surface area (Å²) in [5.41, 5.74) is 0.285.